The van der Waals surface area contributed by atoms with Crippen LogP contribution in [0.1, 0.15) is 33.1 Å². The van der Waals surface area contributed by atoms with Crippen molar-refractivity contribution < 1.29 is 0 Å². The van der Waals surface area contributed by atoms with E-state index in [1.54, 1.807) is 16.8 Å². The van der Waals surface area contributed by atoms with Crippen LogP contribution in [0.2, 0.25) is 10.0 Å². The van der Waals surface area contributed by atoms with Crippen LogP contribution in [0.5, 0.6) is 0 Å². The van der Waals surface area contributed by atoms with Gasteiger partial charge in [0.15, 0.2) is 5.82 Å². The Kier molecular flexibility index (Phi) is 5.42. The van der Waals surface area contributed by atoms with Crippen molar-refractivity contribution >= 4 is 28.9 Å². The first-order valence-corrected chi connectivity index (χ1v) is 7.75. The first-order chi connectivity index (χ1) is 9.99. The summed E-state index contributed by atoms with van der Waals surface area (Å²) in [7, 11) is 0. The van der Waals surface area contributed by atoms with E-state index in [-0.39, 0.29) is 0 Å². The maximum Gasteiger partial charge on any atom is 0.183 e. The zero-order valence-corrected chi connectivity index (χ0v) is 13.7. The third-order valence-electron chi connectivity index (χ3n) is 3.22. The summed E-state index contributed by atoms with van der Waals surface area (Å²) in [6, 6.07) is 3.36. The maximum atomic E-state index is 6.24. The quantitative estimate of drug-likeness (QED) is 0.641. The van der Waals surface area contributed by atoms with E-state index < -0.39 is 0 Å². The molecule has 1 heterocycles. The standard InChI is InChI=1S/C14H19Cl2N5/c1-9(2)5-3-4-6-21-14(18-19-20-21)11-7-10(17)8-12(15)13(11)16/h7-9H,3-6,17H2,1-2H3. The van der Waals surface area contributed by atoms with E-state index in [9.17, 15) is 0 Å². The molecule has 0 aliphatic carbocycles. The van der Waals surface area contributed by atoms with E-state index in [4.69, 9.17) is 28.9 Å². The fourth-order valence-corrected chi connectivity index (χ4v) is 2.56. The number of benzene rings is 1. The molecular formula is C14H19Cl2N5. The van der Waals surface area contributed by atoms with Crippen molar-refractivity contribution in [2.45, 2.75) is 39.7 Å². The molecule has 2 rings (SSSR count). The molecule has 1 aromatic heterocycles. The maximum absolute atomic E-state index is 6.24. The van der Waals surface area contributed by atoms with Crippen molar-refractivity contribution in [2.24, 2.45) is 5.92 Å². The van der Waals surface area contributed by atoms with Gasteiger partial charge in [-0.05, 0) is 34.9 Å². The van der Waals surface area contributed by atoms with E-state index in [0.717, 1.165) is 19.4 Å². The van der Waals surface area contributed by atoms with E-state index in [1.807, 2.05) is 0 Å². The number of hydrogen-bond donors (Lipinski definition) is 1. The molecule has 114 valence electrons. The molecule has 0 amide bonds. The number of nitrogens with zero attached hydrogens (tertiary/aromatic N) is 4. The summed E-state index contributed by atoms with van der Waals surface area (Å²) in [6.07, 6.45) is 3.36. The zero-order valence-electron chi connectivity index (χ0n) is 12.2. The van der Waals surface area contributed by atoms with Gasteiger partial charge in [0.05, 0.1) is 10.0 Å². The van der Waals surface area contributed by atoms with Crippen molar-refractivity contribution in [2.75, 3.05) is 5.73 Å². The normalized spacial score (nSPS) is 11.3. The highest BCUT2D eigenvalue weighted by molar-refractivity contribution is 6.43. The van der Waals surface area contributed by atoms with Crippen molar-refractivity contribution in [1.82, 2.24) is 20.2 Å². The van der Waals surface area contributed by atoms with Crippen LogP contribution >= 0.6 is 23.2 Å². The molecule has 0 unspecified atom stereocenters. The van der Waals surface area contributed by atoms with E-state index in [0.29, 0.717) is 33.0 Å². The molecule has 5 nitrogen and oxygen atoms in total. The summed E-state index contributed by atoms with van der Waals surface area (Å²) >= 11 is 12.3. The Hall–Kier alpha value is -1.33. The van der Waals surface area contributed by atoms with Crippen LogP contribution in [0.25, 0.3) is 11.4 Å². The fourth-order valence-electron chi connectivity index (χ4n) is 2.14. The highest BCUT2D eigenvalue weighted by Gasteiger charge is 2.15. The lowest BCUT2D eigenvalue weighted by atomic mass is 10.1. The van der Waals surface area contributed by atoms with Gasteiger partial charge >= 0.3 is 0 Å². The topological polar surface area (TPSA) is 69.6 Å². The molecular weight excluding hydrogens is 309 g/mol. The Morgan fingerprint density at radius 2 is 2.00 bits per heavy atom. The number of nitrogens with two attached hydrogens (primary N) is 1. The van der Waals surface area contributed by atoms with Crippen LogP contribution in [0, 0.1) is 5.92 Å². The summed E-state index contributed by atoms with van der Waals surface area (Å²) in [6.45, 7) is 5.19. The Morgan fingerprint density at radius 1 is 1.24 bits per heavy atom. The van der Waals surface area contributed by atoms with E-state index >= 15 is 0 Å². The minimum atomic E-state index is 0.404. The van der Waals surface area contributed by atoms with Gasteiger partial charge in [-0.15, -0.1) is 5.10 Å². The molecule has 2 N–H and O–H groups in total. The van der Waals surface area contributed by atoms with Gasteiger partial charge in [0, 0.05) is 17.8 Å². The average Bonchev–Trinajstić information content (AvgIpc) is 2.87. The SMILES string of the molecule is CC(C)CCCCn1nnnc1-c1cc(N)cc(Cl)c1Cl. The monoisotopic (exact) mass is 327 g/mol. The Labute approximate surface area is 134 Å². The Balaban J connectivity index is 2.17. The lowest BCUT2D eigenvalue weighted by Gasteiger charge is -2.09. The lowest BCUT2D eigenvalue weighted by Crippen LogP contribution is -2.04. The summed E-state index contributed by atoms with van der Waals surface area (Å²) < 4.78 is 1.75. The molecule has 0 aliphatic heterocycles. The zero-order chi connectivity index (χ0) is 15.4. The molecule has 0 radical (unpaired) electrons. The number of anilines is 1. The number of tetrazole rings is 1. The van der Waals surface area contributed by atoms with Crippen LogP contribution in [-0.2, 0) is 6.54 Å². The van der Waals surface area contributed by atoms with Gasteiger partial charge in [0.25, 0.3) is 0 Å². The molecule has 21 heavy (non-hydrogen) atoms. The van der Waals surface area contributed by atoms with Crippen LogP contribution in [0.3, 0.4) is 0 Å². The van der Waals surface area contributed by atoms with Gasteiger partial charge in [-0.25, -0.2) is 4.68 Å². The van der Waals surface area contributed by atoms with Gasteiger partial charge in [0.2, 0.25) is 0 Å². The molecule has 1 aromatic carbocycles. The number of aromatic nitrogens is 4. The van der Waals surface area contributed by atoms with Gasteiger partial charge in [-0.2, -0.15) is 0 Å². The van der Waals surface area contributed by atoms with Gasteiger partial charge in [0.1, 0.15) is 0 Å². The second-order valence-electron chi connectivity index (χ2n) is 5.48. The number of halogens is 2. The lowest BCUT2D eigenvalue weighted by molar-refractivity contribution is 0.487. The van der Waals surface area contributed by atoms with Crippen molar-refractivity contribution in [3.05, 3.63) is 22.2 Å². The molecule has 0 spiro atoms. The highest BCUT2D eigenvalue weighted by Crippen LogP contribution is 2.34. The summed E-state index contributed by atoms with van der Waals surface area (Å²) in [5.41, 5.74) is 7.02. The second-order valence-corrected chi connectivity index (χ2v) is 6.26. The second kappa shape index (κ2) is 7.09. The van der Waals surface area contributed by atoms with E-state index in [1.165, 1.54) is 6.42 Å². The summed E-state index contributed by atoms with van der Waals surface area (Å²) in [4.78, 5) is 0. The molecule has 0 aliphatic rings. The van der Waals surface area contributed by atoms with Gasteiger partial charge in [-0.3, -0.25) is 0 Å². The molecule has 0 saturated heterocycles. The van der Waals surface area contributed by atoms with Crippen molar-refractivity contribution in [3.8, 4) is 11.4 Å². The smallest absolute Gasteiger partial charge is 0.183 e. The fraction of sp³-hybridized carbons (Fsp3) is 0.500. The van der Waals surface area contributed by atoms with Gasteiger partial charge < -0.3 is 5.73 Å². The molecule has 0 atom stereocenters. The molecule has 0 bridgehead atoms. The van der Waals surface area contributed by atoms with E-state index in [2.05, 4.69) is 29.4 Å². The van der Waals surface area contributed by atoms with Crippen LogP contribution in [0.15, 0.2) is 12.1 Å². The summed E-state index contributed by atoms with van der Waals surface area (Å²) in [5, 5.41) is 12.6. The number of unbranched alkanes of at least 4 members (excludes halogenated alkanes) is 1. The predicted octanol–water partition coefficient (Wildman–Crippen LogP) is 4.06. The third kappa shape index (κ3) is 4.08. The number of nitrogen functional groups attached to an aromatic ring is 1. The Bertz CT molecular complexity index is 609. The van der Waals surface area contributed by atoms with Gasteiger partial charge in [-0.1, -0.05) is 49.9 Å². The average molecular weight is 328 g/mol. The third-order valence-corrected chi connectivity index (χ3v) is 4.03. The highest BCUT2D eigenvalue weighted by atomic mass is 35.5. The minimum absolute atomic E-state index is 0.404. The molecule has 0 fully saturated rings. The molecule has 2 aromatic rings. The first-order valence-electron chi connectivity index (χ1n) is 7.00. The number of rotatable bonds is 6. The first kappa shape index (κ1) is 16.0. The molecule has 7 heteroatoms. The van der Waals surface area contributed by atoms with Crippen molar-refractivity contribution in [1.29, 1.82) is 0 Å². The van der Waals surface area contributed by atoms with Crippen LogP contribution < -0.4 is 5.73 Å². The van der Waals surface area contributed by atoms with Crippen molar-refractivity contribution in [3.63, 3.8) is 0 Å². The van der Waals surface area contributed by atoms with Crippen LogP contribution in [0.4, 0.5) is 5.69 Å². The van der Waals surface area contributed by atoms with Crippen LogP contribution in [-0.4, -0.2) is 20.2 Å². The predicted molar refractivity (Wildman–Crippen MR) is 86.4 cm³/mol. The molecule has 0 saturated carbocycles. The Morgan fingerprint density at radius 3 is 2.71 bits per heavy atom. The number of aryl methyl sites for hydroxylation is 1. The summed E-state index contributed by atoms with van der Waals surface area (Å²) in [5.74, 6) is 1.30. The number of hydrogen-bond acceptors (Lipinski definition) is 4. The largest absolute Gasteiger partial charge is 0.399 e. The minimum Gasteiger partial charge on any atom is -0.399 e.